The molecule has 1 N–H and O–H groups in total. The van der Waals surface area contributed by atoms with E-state index in [1.54, 1.807) is 0 Å². The van der Waals surface area contributed by atoms with Crippen molar-refractivity contribution in [3.63, 3.8) is 0 Å². The van der Waals surface area contributed by atoms with Crippen LogP contribution in [0.25, 0.3) is 11.0 Å². The Hall–Kier alpha value is -1.53. The number of hydrogen-bond donors (Lipinski definition) is 1. The van der Waals surface area contributed by atoms with E-state index in [0.717, 1.165) is 41.2 Å². The van der Waals surface area contributed by atoms with Crippen LogP contribution < -0.4 is 0 Å². The lowest BCUT2D eigenvalue weighted by Crippen LogP contribution is -2.22. The maximum absolute atomic E-state index is 10.9. The summed E-state index contributed by atoms with van der Waals surface area (Å²) in [5.74, 6) is -0.800. The highest BCUT2D eigenvalue weighted by molar-refractivity contribution is 7.99. The molecule has 6 heteroatoms. The van der Waals surface area contributed by atoms with Crippen LogP contribution in [0, 0.1) is 6.92 Å². The van der Waals surface area contributed by atoms with E-state index in [1.807, 2.05) is 12.1 Å². The highest BCUT2D eigenvalue weighted by atomic mass is 32.2. The summed E-state index contributed by atoms with van der Waals surface area (Å²) in [6.07, 6.45) is 2.07. The normalized spacial score (nSPS) is 19.0. The zero-order valence-corrected chi connectivity index (χ0v) is 12.7. The molecule has 0 bridgehead atoms. The molecule has 5 nitrogen and oxygen atoms in total. The van der Waals surface area contributed by atoms with Crippen molar-refractivity contribution in [2.45, 2.75) is 31.0 Å². The van der Waals surface area contributed by atoms with Gasteiger partial charge in [-0.3, -0.25) is 4.79 Å². The second kappa shape index (κ2) is 6.07. The van der Waals surface area contributed by atoms with Crippen molar-refractivity contribution in [2.24, 2.45) is 0 Å². The van der Waals surface area contributed by atoms with Crippen molar-refractivity contribution in [1.82, 2.24) is 9.55 Å². The van der Waals surface area contributed by atoms with Gasteiger partial charge in [-0.2, -0.15) is 0 Å². The molecule has 2 aromatic rings. The summed E-state index contributed by atoms with van der Waals surface area (Å²) in [4.78, 5) is 15.5. The van der Waals surface area contributed by atoms with Crippen LogP contribution in [0.4, 0.5) is 0 Å². The number of carboxylic acid groups (broad SMARTS) is 1. The van der Waals surface area contributed by atoms with Gasteiger partial charge in [0.2, 0.25) is 0 Å². The summed E-state index contributed by atoms with van der Waals surface area (Å²) >= 11 is 1.28. The molecular formula is C15H18N2O3S. The van der Waals surface area contributed by atoms with Crippen LogP contribution in [0.2, 0.25) is 0 Å². The highest BCUT2D eigenvalue weighted by Gasteiger charge is 2.23. The van der Waals surface area contributed by atoms with E-state index in [1.165, 1.54) is 11.8 Å². The maximum Gasteiger partial charge on any atom is 0.313 e. The molecule has 3 rings (SSSR count). The predicted molar refractivity (Wildman–Crippen MR) is 81.9 cm³/mol. The first-order valence-corrected chi connectivity index (χ1v) is 8.05. The van der Waals surface area contributed by atoms with Gasteiger partial charge in [0.1, 0.15) is 0 Å². The van der Waals surface area contributed by atoms with Gasteiger partial charge in [0, 0.05) is 6.61 Å². The second-order valence-corrected chi connectivity index (χ2v) is 6.20. The number of para-hydroxylation sites is 1. The number of thioether (sulfide) groups is 1. The number of nitrogens with zero attached hydrogens (tertiary/aromatic N) is 2. The second-order valence-electron chi connectivity index (χ2n) is 5.26. The van der Waals surface area contributed by atoms with Crippen LogP contribution in [-0.2, 0) is 9.53 Å². The molecule has 1 saturated heterocycles. The van der Waals surface area contributed by atoms with Gasteiger partial charge in [0.05, 0.1) is 29.4 Å². The minimum Gasteiger partial charge on any atom is -0.481 e. The Bertz CT molecular complexity index is 662. The van der Waals surface area contributed by atoms with E-state index in [4.69, 9.17) is 9.84 Å². The van der Waals surface area contributed by atoms with E-state index in [0.29, 0.717) is 6.61 Å². The lowest BCUT2D eigenvalue weighted by Gasteiger charge is -2.25. The number of carboxylic acids is 1. The van der Waals surface area contributed by atoms with Crippen molar-refractivity contribution in [3.05, 3.63) is 23.8 Å². The number of ether oxygens (including phenoxy) is 1. The quantitative estimate of drug-likeness (QED) is 0.880. The number of rotatable bonds is 4. The first kappa shape index (κ1) is 14.4. The lowest BCUT2D eigenvalue weighted by molar-refractivity contribution is -0.133. The summed E-state index contributed by atoms with van der Waals surface area (Å²) in [6.45, 7) is 3.54. The molecule has 1 aromatic heterocycles. The number of imidazole rings is 1. The number of aliphatic carboxylic acids is 1. The molecule has 1 fully saturated rings. The monoisotopic (exact) mass is 306 g/mol. The van der Waals surface area contributed by atoms with Crippen LogP contribution in [0.15, 0.2) is 23.4 Å². The molecule has 1 aliphatic rings. The van der Waals surface area contributed by atoms with E-state index < -0.39 is 5.97 Å². The third-order valence-electron chi connectivity index (χ3n) is 3.71. The Morgan fingerprint density at radius 3 is 3.14 bits per heavy atom. The zero-order chi connectivity index (χ0) is 14.8. The molecule has 2 heterocycles. The van der Waals surface area contributed by atoms with E-state index >= 15 is 0 Å². The van der Waals surface area contributed by atoms with Crippen molar-refractivity contribution < 1.29 is 14.6 Å². The Balaban J connectivity index is 2.07. The average Bonchev–Trinajstić information content (AvgIpc) is 2.86. The highest BCUT2D eigenvalue weighted by Crippen LogP contribution is 2.32. The fourth-order valence-electron chi connectivity index (χ4n) is 2.79. The number of benzene rings is 1. The van der Waals surface area contributed by atoms with Crippen molar-refractivity contribution >= 4 is 28.8 Å². The number of fused-ring (bicyclic) bond motifs is 1. The Kier molecular flexibility index (Phi) is 4.17. The third kappa shape index (κ3) is 2.91. The summed E-state index contributed by atoms with van der Waals surface area (Å²) in [6, 6.07) is 6.27. The Labute approximate surface area is 127 Å². The Morgan fingerprint density at radius 1 is 1.57 bits per heavy atom. The molecular weight excluding hydrogens is 288 g/mol. The molecule has 0 amide bonds. The molecule has 0 saturated carbocycles. The maximum atomic E-state index is 10.9. The summed E-state index contributed by atoms with van der Waals surface area (Å²) in [5.41, 5.74) is 3.18. The van der Waals surface area contributed by atoms with E-state index in [9.17, 15) is 4.79 Å². The largest absolute Gasteiger partial charge is 0.481 e. The van der Waals surface area contributed by atoms with Crippen molar-refractivity contribution in [3.8, 4) is 0 Å². The first-order valence-electron chi connectivity index (χ1n) is 7.06. The molecule has 1 aliphatic heterocycles. The molecule has 0 aliphatic carbocycles. The fourth-order valence-corrected chi connectivity index (χ4v) is 3.59. The van der Waals surface area contributed by atoms with Crippen LogP contribution in [0.1, 0.15) is 24.4 Å². The van der Waals surface area contributed by atoms with Gasteiger partial charge in [0.15, 0.2) is 5.16 Å². The predicted octanol–water partition coefficient (Wildman–Crippen LogP) is 2.87. The van der Waals surface area contributed by atoms with Gasteiger partial charge >= 0.3 is 5.97 Å². The molecule has 1 aromatic carbocycles. The number of aryl methyl sites for hydroxylation is 1. The smallest absolute Gasteiger partial charge is 0.313 e. The molecule has 21 heavy (non-hydrogen) atoms. The Morgan fingerprint density at radius 2 is 2.43 bits per heavy atom. The van der Waals surface area contributed by atoms with Gasteiger partial charge in [0.25, 0.3) is 0 Å². The number of hydrogen-bond acceptors (Lipinski definition) is 4. The molecule has 112 valence electrons. The van der Waals surface area contributed by atoms with Gasteiger partial charge in [-0.25, -0.2) is 4.98 Å². The lowest BCUT2D eigenvalue weighted by atomic mass is 10.1. The van der Waals surface area contributed by atoms with Crippen LogP contribution >= 0.6 is 11.8 Å². The minimum absolute atomic E-state index is 0.0238. The van der Waals surface area contributed by atoms with Gasteiger partial charge in [-0.1, -0.05) is 23.9 Å². The number of aromatic nitrogens is 2. The standard InChI is InChI=1S/C15H18N2O3S/c1-10-4-2-6-12-14(10)17(11-5-3-7-20-8-11)15(16-12)21-9-13(18)19/h2,4,6,11H,3,5,7-9H2,1H3,(H,18,19). The molecule has 1 atom stereocenters. The molecule has 1 unspecified atom stereocenters. The topological polar surface area (TPSA) is 64.3 Å². The fraction of sp³-hybridized carbons (Fsp3) is 0.467. The minimum atomic E-state index is -0.824. The van der Waals surface area contributed by atoms with Gasteiger partial charge in [-0.15, -0.1) is 0 Å². The van der Waals surface area contributed by atoms with E-state index in [-0.39, 0.29) is 11.8 Å². The van der Waals surface area contributed by atoms with E-state index in [2.05, 4.69) is 22.5 Å². The van der Waals surface area contributed by atoms with Gasteiger partial charge < -0.3 is 14.4 Å². The molecule has 0 radical (unpaired) electrons. The summed E-state index contributed by atoms with van der Waals surface area (Å²) < 4.78 is 7.78. The van der Waals surface area contributed by atoms with Crippen molar-refractivity contribution in [2.75, 3.05) is 19.0 Å². The van der Waals surface area contributed by atoms with Crippen molar-refractivity contribution in [1.29, 1.82) is 0 Å². The average molecular weight is 306 g/mol. The molecule has 0 spiro atoms. The first-order chi connectivity index (χ1) is 10.2. The van der Waals surface area contributed by atoms with Crippen LogP contribution in [0.5, 0.6) is 0 Å². The van der Waals surface area contributed by atoms with Gasteiger partial charge in [-0.05, 0) is 31.4 Å². The van der Waals surface area contributed by atoms with Crippen LogP contribution in [-0.4, -0.2) is 39.6 Å². The SMILES string of the molecule is Cc1cccc2nc(SCC(=O)O)n(C3CCCOC3)c12. The summed E-state index contributed by atoms with van der Waals surface area (Å²) in [7, 11) is 0. The number of carbonyl (C=O) groups is 1. The zero-order valence-electron chi connectivity index (χ0n) is 11.9. The van der Waals surface area contributed by atoms with Crippen LogP contribution in [0.3, 0.4) is 0 Å². The third-order valence-corrected chi connectivity index (χ3v) is 4.64. The summed E-state index contributed by atoms with van der Waals surface area (Å²) in [5, 5.41) is 9.70.